The maximum Gasteiger partial charge on any atom is 0.302 e. The summed E-state index contributed by atoms with van der Waals surface area (Å²) in [6.45, 7) is 9.73. The van der Waals surface area contributed by atoms with Gasteiger partial charge in [0.25, 0.3) is 0 Å². The van der Waals surface area contributed by atoms with Crippen molar-refractivity contribution in [3.8, 4) is 0 Å². The minimum Gasteiger partial charge on any atom is -0.462 e. The van der Waals surface area contributed by atoms with Crippen LogP contribution in [0, 0.1) is 34.5 Å². The van der Waals surface area contributed by atoms with Crippen LogP contribution >= 0.6 is 0 Å². The highest BCUT2D eigenvalue weighted by molar-refractivity contribution is 5.86. The van der Waals surface area contributed by atoms with Crippen LogP contribution in [0.25, 0.3) is 0 Å². The molecule has 4 rings (SSSR count). The summed E-state index contributed by atoms with van der Waals surface area (Å²) in [5.74, 6) is 1.33. The fourth-order valence-corrected chi connectivity index (χ4v) is 8.05. The van der Waals surface area contributed by atoms with E-state index < -0.39 is 5.60 Å². The van der Waals surface area contributed by atoms with Crippen molar-refractivity contribution in [2.45, 2.75) is 91.3 Å². The average molecular weight is 389 g/mol. The molecule has 4 nitrogen and oxygen atoms in total. The fraction of sp³-hybridized carbons (Fsp3) is 0.833. The van der Waals surface area contributed by atoms with Crippen LogP contribution in [0.2, 0.25) is 0 Å². The summed E-state index contributed by atoms with van der Waals surface area (Å²) in [6.07, 6.45) is 9.29. The smallest absolute Gasteiger partial charge is 0.302 e. The van der Waals surface area contributed by atoms with Crippen LogP contribution in [0.1, 0.15) is 79.6 Å². The van der Waals surface area contributed by atoms with Crippen molar-refractivity contribution in [2.75, 3.05) is 0 Å². The molecule has 0 aromatic rings. The topological polar surface area (TPSA) is 63.6 Å². The molecule has 0 amide bonds. The van der Waals surface area contributed by atoms with Gasteiger partial charge in [0.1, 0.15) is 11.7 Å². The predicted molar refractivity (Wildman–Crippen MR) is 107 cm³/mol. The number of ketones is 1. The third-order valence-electron chi connectivity index (χ3n) is 9.51. The zero-order valence-electron chi connectivity index (χ0n) is 18.1. The summed E-state index contributed by atoms with van der Waals surface area (Å²) < 4.78 is 5.52. The fourth-order valence-electron chi connectivity index (χ4n) is 8.05. The highest BCUT2D eigenvalue weighted by atomic mass is 16.5. The summed E-state index contributed by atoms with van der Waals surface area (Å²) in [4.78, 5) is 23.9. The van der Waals surface area contributed by atoms with E-state index in [1.165, 1.54) is 12.5 Å². The van der Waals surface area contributed by atoms with Gasteiger partial charge < -0.3 is 9.84 Å². The van der Waals surface area contributed by atoms with E-state index in [4.69, 9.17) is 4.74 Å². The third kappa shape index (κ3) is 2.52. The molecule has 4 aliphatic rings. The summed E-state index contributed by atoms with van der Waals surface area (Å²) in [6, 6.07) is 0. The monoisotopic (exact) mass is 388 g/mol. The van der Waals surface area contributed by atoms with Gasteiger partial charge in [-0.3, -0.25) is 9.59 Å². The molecule has 0 aromatic heterocycles. The lowest BCUT2D eigenvalue weighted by Crippen LogP contribution is -2.58. The van der Waals surface area contributed by atoms with Gasteiger partial charge in [-0.15, -0.1) is 0 Å². The largest absolute Gasteiger partial charge is 0.462 e. The molecule has 3 fully saturated rings. The Morgan fingerprint density at radius 2 is 1.86 bits per heavy atom. The first-order valence-corrected chi connectivity index (χ1v) is 11.1. The van der Waals surface area contributed by atoms with Crippen LogP contribution in [0.15, 0.2) is 11.6 Å². The van der Waals surface area contributed by atoms with E-state index in [9.17, 15) is 14.7 Å². The third-order valence-corrected chi connectivity index (χ3v) is 9.51. The maximum atomic E-state index is 12.5. The summed E-state index contributed by atoms with van der Waals surface area (Å²) >= 11 is 0. The van der Waals surface area contributed by atoms with E-state index in [2.05, 4.69) is 26.8 Å². The zero-order chi connectivity index (χ0) is 20.5. The molecule has 3 saturated carbocycles. The first-order chi connectivity index (χ1) is 13.0. The van der Waals surface area contributed by atoms with Gasteiger partial charge in [-0.2, -0.15) is 0 Å². The second-order valence-corrected chi connectivity index (χ2v) is 10.6. The number of hydrogen-bond donors (Lipinski definition) is 1. The highest BCUT2D eigenvalue weighted by Crippen LogP contribution is 2.68. The normalized spacial score (nSPS) is 50.1. The Balaban J connectivity index is 1.64. The predicted octanol–water partition coefficient (Wildman–Crippen LogP) is 4.45. The second kappa shape index (κ2) is 6.42. The molecule has 0 unspecified atom stereocenters. The first kappa shape index (κ1) is 20.1. The Morgan fingerprint density at radius 3 is 2.50 bits per heavy atom. The van der Waals surface area contributed by atoms with Crippen LogP contribution in [0.4, 0.5) is 0 Å². The Morgan fingerprint density at radius 1 is 1.14 bits per heavy atom. The number of allylic oxidation sites excluding steroid dienone is 1. The van der Waals surface area contributed by atoms with Gasteiger partial charge in [-0.1, -0.05) is 32.4 Å². The maximum absolute atomic E-state index is 12.5. The number of ether oxygens (including phenoxy) is 1. The summed E-state index contributed by atoms with van der Waals surface area (Å²) in [5.41, 5.74) is 0.153. The lowest BCUT2D eigenvalue weighted by molar-refractivity contribution is -0.165. The van der Waals surface area contributed by atoms with E-state index >= 15 is 0 Å². The number of esters is 1. The Kier molecular flexibility index (Phi) is 4.61. The van der Waals surface area contributed by atoms with E-state index in [-0.39, 0.29) is 34.6 Å². The van der Waals surface area contributed by atoms with Gasteiger partial charge in [0.2, 0.25) is 0 Å². The molecule has 0 aliphatic heterocycles. The molecule has 0 saturated heterocycles. The molecule has 0 bridgehead atoms. The van der Waals surface area contributed by atoms with Gasteiger partial charge in [0.15, 0.2) is 5.78 Å². The first-order valence-electron chi connectivity index (χ1n) is 11.1. The van der Waals surface area contributed by atoms with Gasteiger partial charge in [-0.05, 0) is 74.5 Å². The van der Waals surface area contributed by atoms with Crippen molar-refractivity contribution < 1.29 is 19.4 Å². The van der Waals surface area contributed by atoms with Crippen molar-refractivity contribution in [1.29, 1.82) is 0 Å². The van der Waals surface area contributed by atoms with Gasteiger partial charge in [-0.25, -0.2) is 0 Å². The number of carbonyl (C=O) groups excluding carboxylic acids is 2. The van der Waals surface area contributed by atoms with Crippen molar-refractivity contribution >= 4 is 11.8 Å². The van der Waals surface area contributed by atoms with Gasteiger partial charge in [0, 0.05) is 18.8 Å². The average Bonchev–Trinajstić information content (AvgIpc) is 2.83. The number of carbonyl (C=O) groups is 2. The minimum absolute atomic E-state index is 0.0246. The summed E-state index contributed by atoms with van der Waals surface area (Å²) in [7, 11) is 0. The quantitative estimate of drug-likeness (QED) is 0.561. The molecule has 0 heterocycles. The van der Waals surface area contributed by atoms with Crippen molar-refractivity contribution in [3.05, 3.63) is 11.6 Å². The highest BCUT2D eigenvalue weighted by Gasteiger charge is 2.67. The number of hydrogen-bond acceptors (Lipinski definition) is 4. The lowest BCUT2D eigenvalue weighted by atomic mass is 9.46. The van der Waals surface area contributed by atoms with Crippen molar-refractivity contribution in [1.82, 2.24) is 0 Å². The number of rotatable bonds is 2. The number of aliphatic hydroxyl groups is 1. The van der Waals surface area contributed by atoms with E-state index in [0.29, 0.717) is 17.8 Å². The standard InChI is InChI=1S/C24H36O4/c1-14-12-21-19-7-6-17-13-18(28-16(3)26)8-10-22(17,4)20(19)9-11-23(21,5)24(14,27)15(2)25/h6,14,18-21,27H,7-13H2,1-5H3/t14-,18-,19-,20+,21-,22+,23+,24+/m1/s1. The Hall–Kier alpha value is -1.16. The van der Waals surface area contributed by atoms with Crippen LogP contribution in [-0.4, -0.2) is 28.6 Å². The van der Waals surface area contributed by atoms with Gasteiger partial charge in [0.05, 0.1) is 0 Å². The van der Waals surface area contributed by atoms with Crippen LogP contribution in [0.5, 0.6) is 0 Å². The SMILES string of the molecule is CC(=O)O[C@@H]1CC[C@@]2(C)C(=CC[C@H]3[C@H]4C[C@@H](C)[C@](O)(C(C)=O)[C@@]4(C)CC[C@@H]32)C1. The molecule has 0 aromatic carbocycles. The summed E-state index contributed by atoms with van der Waals surface area (Å²) in [5, 5.41) is 11.5. The molecule has 0 spiro atoms. The molecule has 4 aliphatic carbocycles. The van der Waals surface area contributed by atoms with E-state index in [1.54, 1.807) is 6.92 Å². The Labute approximate surface area is 169 Å². The van der Waals surface area contributed by atoms with Crippen LogP contribution < -0.4 is 0 Å². The second-order valence-electron chi connectivity index (χ2n) is 10.6. The molecule has 0 radical (unpaired) electrons. The van der Waals surface area contributed by atoms with Crippen molar-refractivity contribution in [3.63, 3.8) is 0 Å². The molecule has 28 heavy (non-hydrogen) atoms. The molecular formula is C24H36O4. The Bertz CT molecular complexity index is 726. The van der Waals surface area contributed by atoms with E-state index in [1.807, 2.05) is 0 Å². The number of Topliss-reactive ketones (excluding diaryl/α,β-unsaturated/α-hetero) is 1. The molecule has 4 heteroatoms. The molecule has 156 valence electrons. The molecular weight excluding hydrogens is 352 g/mol. The van der Waals surface area contributed by atoms with Gasteiger partial charge >= 0.3 is 5.97 Å². The van der Waals surface area contributed by atoms with Crippen molar-refractivity contribution in [2.24, 2.45) is 34.5 Å². The van der Waals surface area contributed by atoms with Crippen LogP contribution in [0.3, 0.4) is 0 Å². The lowest BCUT2D eigenvalue weighted by Gasteiger charge is -2.58. The van der Waals surface area contributed by atoms with Crippen LogP contribution in [-0.2, 0) is 14.3 Å². The zero-order valence-corrected chi connectivity index (χ0v) is 18.1. The van der Waals surface area contributed by atoms with E-state index in [0.717, 1.165) is 44.9 Å². The minimum atomic E-state index is -1.18. The molecule has 8 atom stereocenters. The number of fused-ring (bicyclic) bond motifs is 5. The molecule has 1 N–H and O–H groups in total.